The molecule has 6 nitrogen and oxygen atoms in total. The maximum Gasteiger partial charge on any atom is 0.240 e. The second-order valence-corrected chi connectivity index (χ2v) is 10.5. The number of carbonyl (C=O) groups excluding carboxylic acids is 2. The predicted molar refractivity (Wildman–Crippen MR) is 137 cm³/mol. The fourth-order valence-corrected chi connectivity index (χ4v) is 5.93. The zero-order chi connectivity index (χ0) is 24.3. The van der Waals surface area contributed by atoms with Crippen LogP contribution in [0.1, 0.15) is 55.6 Å². The first kappa shape index (κ1) is 24.0. The van der Waals surface area contributed by atoms with Gasteiger partial charge in [0.1, 0.15) is 6.54 Å². The molecule has 6 heteroatoms. The van der Waals surface area contributed by atoms with Crippen LogP contribution in [-0.4, -0.2) is 56.0 Å². The van der Waals surface area contributed by atoms with Crippen LogP contribution in [-0.2, 0) is 20.9 Å². The Labute approximate surface area is 208 Å². The molecular formula is C29H37N3O3. The van der Waals surface area contributed by atoms with Crippen LogP contribution in [0, 0.1) is 5.41 Å². The van der Waals surface area contributed by atoms with Gasteiger partial charge in [-0.2, -0.15) is 0 Å². The Morgan fingerprint density at radius 1 is 1.09 bits per heavy atom. The van der Waals surface area contributed by atoms with Gasteiger partial charge in [0.15, 0.2) is 0 Å². The molecule has 0 saturated heterocycles. The molecule has 3 aliphatic rings. The van der Waals surface area contributed by atoms with E-state index in [4.69, 9.17) is 4.74 Å². The third kappa shape index (κ3) is 5.14. The average molecular weight is 476 g/mol. The molecule has 2 fully saturated rings. The Kier molecular flexibility index (Phi) is 7.21. The van der Waals surface area contributed by atoms with Crippen LogP contribution in [0.15, 0.2) is 54.6 Å². The molecule has 5 rings (SSSR count). The molecule has 0 spiro atoms. The number of nitrogens with one attached hydrogen (secondary N) is 1. The summed E-state index contributed by atoms with van der Waals surface area (Å²) in [6, 6.07) is 18.7. The van der Waals surface area contributed by atoms with E-state index in [0.717, 1.165) is 29.8 Å². The highest BCUT2D eigenvalue weighted by Crippen LogP contribution is 2.65. The molecule has 0 radical (unpaired) electrons. The Balaban J connectivity index is 1.19. The summed E-state index contributed by atoms with van der Waals surface area (Å²) >= 11 is 0. The minimum atomic E-state index is -0.551. The van der Waals surface area contributed by atoms with E-state index in [1.54, 1.807) is 4.90 Å². The summed E-state index contributed by atoms with van der Waals surface area (Å²) in [5, 5.41) is 3.05. The summed E-state index contributed by atoms with van der Waals surface area (Å²) in [5.41, 5.74) is 2.57. The first-order valence-electron chi connectivity index (χ1n) is 13.1. The van der Waals surface area contributed by atoms with Crippen LogP contribution < -0.4 is 10.2 Å². The van der Waals surface area contributed by atoms with Gasteiger partial charge in [-0.25, -0.2) is 0 Å². The maximum absolute atomic E-state index is 13.7. The van der Waals surface area contributed by atoms with E-state index in [2.05, 4.69) is 23.3 Å². The number of carbonyl (C=O) groups is 2. The monoisotopic (exact) mass is 475 g/mol. The maximum atomic E-state index is 13.7. The van der Waals surface area contributed by atoms with Gasteiger partial charge in [0, 0.05) is 30.7 Å². The highest BCUT2D eigenvalue weighted by molar-refractivity contribution is 6.07. The summed E-state index contributed by atoms with van der Waals surface area (Å²) < 4.78 is 6.04. The van der Waals surface area contributed by atoms with E-state index >= 15 is 0 Å². The standard InChI is InChI=1S/C29H37N3O3/c1-31(23-12-6-3-7-13-23)17-16-30-27(33)19-32-26-15-9-8-14-24(26)25-18-29(25,28(32)34)21-35-20-22-10-4-2-5-11-22/h2,4-5,8-11,14-15,23,25H,3,6-7,12-13,16-21H2,1H3,(H,30,33)/t25-,29+/m0/s1. The lowest BCUT2D eigenvalue weighted by atomic mass is 9.92. The van der Waals surface area contributed by atoms with Gasteiger partial charge in [-0.05, 0) is 43.5 Å². The molecule has 0 aromatic heterocycles. The predicted octanol–water partition coefficient (Wildman–Crippen LogP) is 4.10. The molecule has 0 unspecified atom stereocenters. The van der Waals surface area contributed by atoms with Gasteiger partial charge in [-0.3, -0.25) is 9.59 Å². The molecule has 35 heavy (non-hydrogen) atoms. The zero-order valence-electron chi connectivity index (χ0n) is 20.7. The van der Waals surface area contributed by atoms with Crippen LogP contribution in [0.4, 0.5) is 5.69 Å². The van der Waals surface area contributed by atoms with Gasteiger partial charge in [0.2, 0.25) is 11.8 Å². The SMILES string of the molecule is CN(CCNC(=O)CN1C(=O)[C@@]2(COCc3ccccc3)C[C@H]2c2ccccc21)C1CCCCC1. The molecule has 1 N–H and O–H groups in total. The van der Waals surface area contributed by atoms with Crippen molar-refractivity contribution in [3.8, 4) is 0 Å². The van der Waals surface area contributed by atoms with Gasteiger partial charge >= 0.3 is 0 Å². The fraction of sp³-hybridized carbons (Fsp3) is 0.517. The first-order valence-corrected chi connectivity index (χ1v) is 13.1. The van der Waals surface area contributed by atoms with Gasteiger partial charge in [-0.1, -0.05) is 67.8 Å². The summed E-state index contributed by atoms with van der Waals surface area (Å²) in [6.07, 6.45) is 7.22. The third-order valence-corrected chi connectivity index (χ3v) is 8.11. The summed E-state index contributed by atoms with van der Waals surface area (Å²) in [5.74, 6) is 0.0822. The van der Waals surface area contributed by atoms with Crippen molar-refractivity contribution in [2.75, 3.05) is 38.2 Å². The van der Waals surface area contributed by atoms with Crippen molar-refractivity contribution >= 4 is 17.5 Å². The fourth-order valence-electron chi connectivity index (χ4n) is 5.93. The third-order valence-electron chi connectivity index (χ3n) is 8.11. The van der Waals surface area contributed by atoms with Crippen molar-refractivity contribution in [3.05, 3.63) is 65.7 Å². The Hall–Kier alpha value is -2.70. The molecule has 2 aliphatic carbocycles. The second kappa shape index (κ2) is 10.5. The van der Waals surface area contributed by atoms with Crippen LogP contribution in [0.2, 0.25) is 0 Å². The molecule has 2 amide bonds. The van der Waals surface area contributed by atoms with Crippen LogP contribution in [0.3, 0.4) is 0 Å². The Morgan fingerprint density at radius 2 is 1.83 bits per heavy atom. The van der Waals surface area contributed by atoms with Crippen LogP contribution in [0.25, 0.3) is 0 Å². The normalized spacial score (nSPS) is 23.7. The zero-order valence-corrected chi connectivity index (χ0v) is 20.7. The van der Waals surface area contributed by atoms with E-state index < -0.39 is 5.41 Å². The number of rotatable bonds is 10. The molecule has 1 aliphatic heterocycles. The lowest BCUT2D eigenvalue weighted by Gasteiger charge is -2.34. The minimum Gasteiger partial charge on any atom is -0.376 e. The first-order chi connectivity index (χ1) is 17.1. The topological polar surface area (TPSA) is 61.9 Å². The van der Waals surface area contributed by atoms with Crippen LogP contribution in [0.5, 0.6) is 0 Å². The smallest absolute Gasteiger partial charge is 0.240 e. The lowest BCUT2D eigenvalue weighted by Crippen LogP contribution is -2.49. The van der Waals surface area contributed by atoms with Crippen molar-refractivity contribution in [1.29, 1.82) is 0 Å². The quantitative estimate of drug-likeness (QED) is 0.562. The molecule has 1 heterocycles. The largest absolute Gasteiger partial charge is 0.376 e. The van der Waals surface area contributed by atoms with Gasteiger partial charge in [0.25, 0.3) is 0 Å². The highest BCUT2D eigenvalue weighted by Gasteiger charge is 2.65. The van der Waals surface area contributed by atoms with E-state index in [-0.39, 0.29) is 24.3 Å². The van der Waals surface area contributed by atoms with E-state index in [1.165, 1.54) is 32.1 Å². The second-order valence-electron chi connectivity index (χ2n) is 10.5. The number of hydrogen-bond donors (Lipinski definition) is 1. The van der Waals surface area contributed by atoms with Crippen molar-refractivity contribution < 1.29 is 14.3 Å². The number of ether oxygens (including phenoxy) is 1. The van der Waals surface area contributed by atoms with Crippen molar-refractivity contribution in [1.82, 2.24) is 10.2 Å². The molecule has 2 atom stereocenters. The van der Waals surface area contributed by atoms with Gasteiger partial charge in [-0.15, -0.1) is 0 Å². The minimum absolute atomic E-state index is 0.0173. The number of hydrogen-bond acceptors (Lipinski definition) is 4. The molecule has 186 valence electrons. The van der Waals surface area contributed by atoms with Crippen molar-refractivity contribution in [2.24, 2.45) is 5.41 Å². The van der Waals surface area contributed by atoms with E-state index in [9.17, 15) is 9.59 Å². The number of anilines is 1. The number of amides is 2. The highest BCUT2D eigenvalue weighted by atomic mass is 16.5. The van der Waals surface area contributed by atoms with Gasteiger partial charge < -0.3 is 19.9 Å². The number of fused-ring (bicyclic) bond motifs is 3. The molecule has 2 aromatic carbocycles. The summed E-state index contributed by atoms with van der Waals surface area (Å²) in [6.45, 7) is 2.35. The number of likely N-dealkylation sites (N-methyl/N-ethyl adjacent to an activating group) is 1. The van der Waals surface area contributed by atoms with Crippen LogP contribution >= 0.6 is 0 Å². The van der Waals surface area contributed by atoms with Crippen molar-refractivity contribution in [2.45, 2.75) is 57.1 Å². The number of para-hydroxylation sites is 1. The summed E-state index contributed by atoms with van der Waals surface area (Å²) in [4.78, 5) is 30.6. The Bertz CT molecular complexity index is 1040. The lowest BCUT2D eigenvalue weighted by molar-refractivity contribution is -0.129. The Morgan fingerprint density at radius 3 is 2.63 bits per heavy atom. The number of benzene rings is 2. The van der Waals surface area contributed by atoms with Crippen molar-refractivity contribution in [3.63, 3.8) is 0 Å². The average Bonchev–Trinajstić information content (AvgIpc) is 3.64. The number of nitrogens with zero attached hydrogens (tertiary/aromatic N) is 2. The molecular weight excluding hydrogens is 438 g/mol. The molecule has 0 bridgehead atoms. The molecule has 2 saturated carbocycles. The molecule has 2 aromatic rings. The van der Waals surface area contributed by atoms with E-state index in [1.807, 2.05) is 48.5 Å². The summed E-state index contributed by atoms with van der Waals surface area (Å²) in [7, 11) is 2.15. The van der Waals surface area contributed by atoms with Gasteiger partial charge in [0.05, 0.1) is 18.6 Å². The van der Waals surface area contributed by atoms with E-state index in [0.29, 0.717) is 25.8 Å².